The predicted octanol–water partition coefficient (Wildman–Crippen LogP) is 1.81. The summed E-state index contributed by atoms with van der Waals surface area (Å²) in [4.78, 5) is 26.1. The first-order valence-corrected chi connectivity index (χ1v) is 9.38. The summed E-state index contributed by atoms with van der Waals surface area (Å²) in [7, 11) is 1.74. The van der Waals surface area contributed by atoms with Crippen molar-refractivity contribution >= 4 is 23.5 Å². The highest BCUT2D eigenvalue weighted by Crippen LogP contribution is 2.36. The van der Waals surface area contributed by atoms with Gasteiger partial charge in [0.1, 0.15) is 5.82 Å². The molecule has 0 unspecified atom stereocenters. The molecule has 3 heterocycles. The second-order valence-electron chi connectivity index (χ2n) is 6.61. The monoisotopic (exact) mass is 400 g/mol. The fraction of sp³-hybridized carbons (Fsp3) is 0.278. The quantitative estimate of drug-likeness (QED) is 0.705. The van der Waals surface area contributed by atoms with Crippen LogP contribution < -0.4 is 5.32 Å². The van der Waals surface area contributed by atoms with Gasteiger partial charge in [-0.15, -0.1) is 0 Å². The van der Waals surface area contributed by atoms with Gasteiger partial charge >= 0.3 is 0 Å². The molecule has 144 valence electrons. The molecule has 2 aromatic heterocycles. The zero-order valence-corrected chi connectivity index (χ0v) is 15.8. The van der Waals surface area contributed by atoms with Crippen LogP contribution in [0.15, 0.2) is 42.9 Å². The highest BCUT2D eigenvalue weighted by atomic mass is 32.1. The van der Waals surface area contributed by atoms with E-state index in [9.17, 15) is 14.0 Å². The number of aromatic nitrogens is 4. The minimum absolute atomic E-state index is 0.00843. The smallest absolute Gasteiger partial charge is 0.272 e. The van der Waals surface area contributed by atoms with E-state index >= 15 is 0 Å². The number of rotatable bonds is 5. The topological polar surface area (TPSA) is 93.0 Å². The van der Waals surface area contributed by atoms with Crippen LogP contribution in [-0.2, 0) is 4.79 Å². The van der Waals surface area contributed by atoms with Crippen molar-refractivity contribution < 1.29 is 14.0 Å². The molecular weight excluding hydrogens is 383 g/mol. The number of halogens is 1. The van der Waals surface area contributed by atoms with E-state index in [2.05, 4.69) is 19.2 Å². The van der Waals surface area contributed by atoms with Crippen molar-refractivity contribution in [3.63, 3.8) is 0 Å². The van der Waals surface area contributed by atoms with Crippen LogP contribution in [-0.4, -0.2) is 48.8 Å². The Balaban J connectivity index is 1.52. The normalized spacial score (nSPS) is 19.2. The molecule has 0 bridgehead atoms. The van der Waals surface area contributed by atoms with Crippen molar-refractivity contribution in [3.05, 3.63) is 59.9 Å². The van der Waals surface area contributed by atoms with Crippen molar-refractivity contribution in [2.24, 2.45) is 5.92 Å². The molecule has 1 N–H and O–H groups in total. The van der Waals surface area contributed by atoms with Crippen molar-refractivity contribution in [2.75, 3.05) is 13.6 Å². The number of likely N-dealkylation sites (tertiary alicyclic amines) is 1. The van der Waals surface area contributed by atoms with E-state index in [1.807, 2.05) is 6.20 Å². The molecule has 0 saturated carbocycles. The van der Waals surface area contributed by atoms with Crippen molar-refractivity contribution in [3.8, 4) is 5.69 Å². The van der Waals surface area contributed by atoms with Gasteiger partial charge in [0.15, 0.2) is 5.69 Å². The van der Waals surface area contributed by atoms with Crippen LogP contribution in [0.3, 0.4) is 0 Å². The molecule has 4 rings (SSSR count). The molecule has 1 aromatic carbocycles. The molecule has 1 aliphatic heterocycles. The lowest BCUT2D eigenvalue weighted by atomic mass is 9.95. The fourth-order valence-electron chi connectivity index (χ4n) is 3.43. The van der Waals surface area contributed by atoms with E-state index in [0.29, 0.717) is 13.0 Å². The van der Waals surface area contributed by atoms with Gasteiger partial charge in [0, 0.05) is 37.7 Å². The molecule has 0 aliphatic carbocycles. The Morgan fingerprint density at radius 2 is 2.11 bits per heavy atom. The van der Waals surface area contributed by atoms with Gasteiger partial charge in [-0.05, 0) is 24.3 Å². The molecule has 1 saturated heterocycles. The predicted molar refractivity (Wildman–Crippen MR) is 99.4 cm³/mol. The molecule has 10 heteroatoms. The Morgan fingerprint density at radius 3 is 2.82 bits per heavy atom. The summed E-state index contributed by atoms with van der Waals surface area (Å²) >= 11 is 0.968. The van der Waals surface area contributed by atoms with Gasteiger partial charge in [0.25, 0.3) is 5.91 Å². The van der Waals surface area contributed by atoms with Crippen LogP contribution >= 0.6 is 11.7 Å². The Morgan fingerprint density at radius 1 is 1.32 bits per heavy atom. The maximum absolute atomic E-state index is 13.1. The number of carbonyl (C=O) groups is 2. The average molecular weight is 400 g/mol. The summed E-state index contributed by atoms with van der Waals surface area (Å²) in [5, 5.41) is 7.17. The minimum Gasteiger partial charge on any atom is -0.350 e. The molecule has 8 nitrogen and oxygen atoms in total. The molecule has 3 aromatic rings. The largest absolute Gasteiger partial charge is 0.350 e. The summed E-state index contributed by atoms with van der Waals surface area (Å²) in [6.45, 7) is 0.332. The summed E-state index contributed by atoms with van der Waals surface area (Å²) < 4.78 is 22.5. The van der Waals surface area contributed by atoms with Crippen LogP contribution in [0.2, 0.25) is 0 Å². The van der Waals surface area contributed by atoms with Gasteiger partial charge in [-0.1, -0.05) is 0 Å². The Hall–Kier alpha value is -3.14. The second-order valence-corrected chi connectivity index (χ2v) is 7.17. The van der Waals surface area contributed by atoms with Crippen molar-refractivity contribution in [1.29, 1.82) is 0 Å². The maximum Gasteiger partial charge on any atom is 0.272 e. The fourth-order valence-corrected chi connectivity index (χ4v) is 3.85. The number of benzene rings is 1. The summed E-state index contributed by atoms with van der Waals surface area (Å²) in [6, 6.07) is 5.79. The van der Waals surface area contributed by atoms with E-state index in [1.165, 1.54) is 18.3 Å². The van der Waals surface area contributed by atoms with Crippen LogP contribution in [0.5, 0.6) is 0 Å². The molecule has 28 heavy (non-hydrogen) atoms. The Labute approximate surface area is 164 Å². The van der Waals surface area contributed by atoms with Gasteiger partial charge < -0.3 is 10.2 Å². The van der Waals surface area contributed by atoms with Gasteiger partial charge in [0.2, 0.25) is 5.91 Å². The first-order valence-electron chi connectivity index (χ1n) is 8.65. The zero-order valence-electron chi connectivity index (χ0n) is 14.9. The van der Waals surface area contributed by atoms with E-state index in [0.717, 1.165) is 23.0 Å². The number of hydrogen-bond donors (Lipinski definition) is 1. The van der Waals surface area contributed by atoms with E-state index in [-0.39, 0.29) is 35.3 Å². The van der Waals surface area contributed by atoms with E-state index in [4.69, 9.17) is 0 Å². The van der Waals surface area contributed by atoms with Crippen LogP contribution in [0.25, 0.3) is 5.69 Å². The number of nitrogens with one attached hydrogen (secondary N) is 1. The lowest BCUT2D eigenvalue weighted by molar-refractivity contribution is -0.127. The second kappa shape index (κ2) is 7.47. The summed E-state index contributed by atoms with van der Waals surface area (Å²) in [5.74, 6) is -0.715. The molecule has 2 atom stereocenters. The Bertz CT molecular complexity index is 988. The van der Waals surface area contributed by atoms with Gasteiger partial charge in [-0.25, -0.2) is 9.07 Å². The third-order valence-electron chi connectivity index (χ3n) is 4.85. The standard InChI is InChI=1S/C18H17FN6O2S/c1-24-16(26)6-11(7-20-18(27)15-9-22-28-23-15)17(24)12-8-21-25(10-12)14-4-2-13(19)3-5-14/h2-5,8-11,17H,6-7H2,1H3,(H,20,27)/t11-,17+/m0/s1. The average Bonchev–Trinajstić information content (AvgIpc) is 3.42. The third kappa shape index (κ3) is 3.50. The minimum atomic E-state index is -0.316. The number of hydrogen-bond acceptors (Lipinski definition) is 6. The SMILES string of the molecule is CN1C(=O)C[C@@H](CNC(=O)c2cnsn2)[C@@H]1c1cnn(-c2ccc(F)cc2)c1. The maximum atomic E-state index is 13.1. The lowest BCUT2D eigenvalue weighted by Crippen LogP contribution is -2.32. The molecule has 0 radical (unpaired) electrons. The van der Waals surface area contributed by atoms with E-state index in [1.54, 1.807) is 35.0 Å². The van der Waals surface area contributed by atoms with Gasteiger partial charge in [-0.2, -0.15) is 13.8 Å². The zero-order chi connectivity index (χ0) is 19.7. The highest BCUT2D eigenvalue weighted by Gasteiger charge is 2.39. The Kier molecular flexibility index (Phi) is 4.86. The van der Waals surface area contributed by atoms with Crippen LogP contribution in [0.1, 0.15) is 28.5 Å². The van der Waals surface area contributed by atoms with Gasteiger partial charge in [0.05, 0.1) is 35.9 Å². The highest BCUT2D eigenvalue weighted by molar-refractivity contribution is 6.99. The van der Waals surface area contributed by atoms with Crippen LogP contribution in [0.4, 0.5) is 4.39 Å². The van der Waals surface area contributed by atoms with Crippen LogP contribution in [0, 0.1) is 11.7 Å². The van der Waals surface area contributed by atoms with E-state index < -0.39 is 0 Å². The molecule has 1 aliphatic rings. The molecule has 1 fully saturated rings. The van der Waals surface area contributed by atoms with Gasteiger partial charge in [-0.3, -0.25) is 9.59 Å². The number of nitrogens with zero attached hydrogens (tertiary/aromatic N) is 5. The molecule has 0 spiro atoms. The summed E-state index contributed by atoms with van der Waals surface area (Å²) in [5.41, 5.74) is 1.84. The van der Waals surface area contributed by atoms with Crippen molar-refractivity contribution in [1.82, 2.24) is 28.7 Å². The summed E-state index contributed by atoms with van der Waals surface area (Å²) in [6.07, 6.45) is 5.27. The number of carbonyl (C=O) groups excluding carboxylic acids is 2. The molecular formula is C18H17FN6O2S. The molecule has 2 amide bonds. The first kappa shape index (κ1) is 18.2. The lowest BCUT2D eigenvalue weighted by Gasteiger charge is -2.24. The number of amides is 2. The third-order valence-corrected chi connectivity index (χ3v) is 5.33. The van der Waals surface area contributed by atoms with Crippen molar-refractivity contribution in [2.45, 2.75) is 12.5 Å². The first-order chi connectivity index (χ1) is 13.5.